The van der Waals surface area contributed by atoms with Gasteiger partial charge in [0, 0.05) is 35.8 Å². The van der Waals surface area contributed by atoms with E-state index in [1.165, 1.54) is 12.3 Å². The van der Waals surface area contributed by atoms with Gasteiger partial charge in [0.05, 0.1) is 23.0 Å². The highest BCUT2D eigenvalue weighted by Gasteiger charge is 2.52. The van der Waals surface area contributed by atoms with Crippen LogP contribution in [0.3, 0.4) is 0 Å². The second-order valence-corrected chi connectivity index (χ2v) is 11.6. The van der Waals surface area contributed by atoms with E-state index in [1.54, 1.807) is 36.4 Å². The van der Waals surface area contributed by atoms with Crippen LogP contribution in [0.5, 0.6) is 0 Å². The van der Waals surface area contributed by atoms with Crippen LogP contribution in [0.25, 0.3) is 22.0 Å². The third-order valence-electron chi connectivity index (χ3n) is 8.15. The van der Waals surface area contributed by atoms with Gasteiger partial charge in [-0.05, 0) is 66.6 Å². The van der Waals surface area contributed by atoms with Crippen LogP contribution >= 0.6 is 0 Å². The maximum Gasteiger partial charge on any atom is 0.282 e. The van der Waals surface area contributed by atoms with E-state index in [4.69, 9.17) is 0 Å². The minimum atomic E-state index is -3.79. The van der Waals surface area contributed by atoms with E-state index in [0.717, 1.165) is 24.4 Å². The van der Waals surface area contributed by atoms with Crippen LogP contribution in [0.15, 0.2) is 71.7 Å². The van der Waals surface area contributed by atoms with Gasteiger partial charge in [0.15, 0.2) is 0 Å². The van der Waals surface area contributed by atoms with Gasteiger partial charge in [0.2, 0.25) is 11.5 Å². The molecule has 7 nitrogen and oxygen atoms in total. The van der Waals surface area contributed by atoms with Crippen molar-refractivity contribution in [2.45, 2.75) is 56.8 Å². The molecule has 0 aliphatic heterocycles. The van der Waals surface area contributed by atoms with E-state index in [9.17, 15) is 35.9 Å². The molecule has 2 atom stereocenters. The third kappa shape index (κ3) is 6.36. The Kier molecular flexibility index (Phi) is 8.14. The molecule has 2 unspecified atom stereocenters. The predicted octanol–water partition coefficient (Wildman–Crippen LogP) is 7.17. The van der Waals surface area contributed by atoms with E-state index in [2.05, 4.69) is 20.4 Å². The van der Waals surface area contributed by atoms with Crippen LogP contribution in [0, 0.1) is 11.6 Å². The van der Waals surface area contributed by atoms with Crippen molar-refractivity contribution in [2.75, 3.05) is 0 Å². The Balaban J connectivity index is 1.41. The van der Waals surface area contributed by atoms with E-state index in [1.807, 2.05) is 0 Å². The molecule has 0 spiro atoms. The van der Waals surface area contributed by atoms with E-state index in [-0.39, 0.29) is 23.2 Å². The monoisotopic (exact) mass is 657 g/mol. The number of hydrogen-bond acceptors (Lipinski definition) is 4. The van der Waals surface area contributed by atoms with E-state index < -0.39 is 77.9 Å². The smallest absolute Gasteiger partial charge is 0.282 e. The molecule has 2 aromatic carbocycles. The molecule has 0 saturated carbocycles. The van der Waals surface area contributed by atoms with Crippen LogP contribution in [0.4, 0.5) is 30.7 Å². The topological polar surface area (TPSA) is 92.7 Å². The number of aromatic amines is 1. The first-order valence-electron chi connectivity index (χ1n) is 14.5. The number of nitrogens with zero attached hydrogens (tertiary/aromatic N) is 3. The van der Waals surface area contributed by atoms with Crippen LogP contribution in [0.2, 0.25) is 0 Å². The Bertz CT molecular complexity index is 2040. The molecule has 0 saturated heterocycles. The lowest BCUT2D eigenvalue weighted by molar-refractivity contribution is -0.122. The summed E-state index contributed by atoms with van der Waals surface area (Å²) in [5.41, 5.74) is -4.30. The van der Waals surface area contributed by atoms with Gasteiger partial charge >= 0.3 is 0 Å². The van der Waals surface area contributed by atoms with Gasteiger partial charge in [-0.15, -0.1) is 0 Å². The van der Waals surface area contributed by atoms with Gasteiger partial charge in [-0.2, -0.15) is 5.10 Å². The SMILES string of the molecule is CC1(F)CCC(F)(F)c2c(C(F)F)nn(CC(=O)NC(Cc3cc(F)cc(F)c3)c3ncccc3-c3ccc4ccc(=O)[nH]c4c3)c21. The number of hydrogen-bond donors (Lipinski definition) is 2. The molecular formula is C33H26F7N5O2. The summed E-state index contributed by atoms with van der Waals surface area (Å²) in [5, 5.41) is 6.94. The van der Waals surface area contributed by atoms with Gasteiger partial charge in [-0.3, -0.25) is 19.3 Å². The first-order valence-corrected chi connectivity index (χ1v) is 14.5. The van der Waals surface area contributed by atoms with Crippen LogP contribution in [0.1, 0.15) is 60.4 Å². The maximum absolute atomic E-state index is 15.6. The van der Waals surface area contributed by atoms with Gasteiger partial charge in [0.25, 0.3) is 12.3 Å². The molecule has 3 aromatic heterocycles. The molecule has 0 fully saturated rings. The highest BCUT2D eigenvalue weighted by molar-refractivity contribution is 5.85. The molecule has 14 heteroatoms. The molecule has 6 rings (SSSR count). The Morgan fingerprint density at radius 1 is 1.00 bits per heavy atom. The van der Waals surface area contributed by atoms with Crippen molar-refractivity contribution >= 4 is 16.8 Å². The van der Waals surface area contributed by atoms with Crippen molar-refractivity contribution < 1.29 is 35.5 Å². The first-order chi connectivity index (χ1) is 22.2. The number of benzene rings is 2. The zero-order chi connectivity index (χ0) is 33.7. The van der Waals surface area contributed by atoms with Crippen molar-refractivity contribution in [3.05, 3.63) is 117 Å². The standard InChI is InChI=1S/C33H26F7N5O2/c1-32(38)8-9-33(39,40)27-29(31(36)37)44-45(30(27)32)16-26(47)43-24(13-17-11-20(34)15-21(35)12-17)28-22(3-2-10-41-28)19-5-4-18-6-7-25(46)42-23(18)14-19/h2-7,10-12,14-15,24,31H,8-9,13,16H2,1H3,(H,42,46)(H,43,47). The van der Waals surface area contributed by atoms with E-state index in [0.29, 0.717) is 27.4 Å². The number of amides is 1. The number of carbonyl (C=O) groups excluding carboxylic acids is 1. The average molecular weight is 658 g/mol. The molecule has 2 N–H and O–H groups in total. The Morgan fingerprint density at radius 2 is 1.72 bits per heavy atom. The summed E-state index contributed by atoms with van der Waals surface area (Å²) in [5.74, 6) is -6.49. The average Bonchev–Trinajstić information content (AvgIpc) is 3.40. The summed E-state index contributed by atoms with van der Waals surface area (Å²) in [4.78, 5) is 32.7. The quantitative estimate of drug-likeness (QED) is 0.173. The van der Waals surface area contributed by atoms with Crippen LogP contribution in [-0.4, -0.2) is 25.7 Å². The molecule has 1 aliphatic rings. The lowest BCUT2D eigenvalue weighted by Gasteiger charge is -2.32. The first kappa shape index (κ1) is 32.0. The number of pyridine rings is 2. The molecule has 0 bridgehead atoms. The number of halogens is 7. The van der Waals surface area contributed by atoms with Crippen molar-refractivity contribution in [2.24, 2.45) is 0 Å². The highest BCUT2D eigenvalue weighted by atomic mass is 19.3. The molecule has 3 heterocycles. The van der Waals surface area contributed by atoms with Crippen molar-refractivity contribution in [1.82, 2.24) is 25.1 Å². The Labute approximate surface area is 262 Å². The van der Waals surface area contributed by atoms with Gasteiger partial charge in [0.1, 0.15) is 29.5 Å². The summed E-state index contributed by atoms with van der Waals surface area (Å²) in [7, 11) is 0. The highest BCUT2D eigenvalue weighted by Crippen LogP contribution is 2.51. The number of rotatable bonds is 8. The lowest BCUT2D eigenvalue weighted by atomic mass is 9.83. The van der Waals surface area contributed by atoms with E-state index >= 15 is 4.39 Å². The zero-order valence-corrected chi connectivity index (χ0v) is 24.6. The summed E-state index contributed by atoms with van der Waals surface area (Å²) in [6.45, 7) is 0.0443. The third-order valence-corrected chi connectivity index (χ3v) is 8.15. The summed E-state index contributed by atoms with van der Waals surface area (Å²) in [6, 6.07) is 13.1. The number of H-pyrrole nitrogens is 1. The molecule has 0 radical (unpaired) electrons. The van der Waals surface area contributed by atoms with Crippen LogP contribution in [-0.2, 0) is 29.4 Å². The van der Waals surface area contributed by atoms with Gasteiger partial charge in [-0.1, -0.05) is 18.2 Å². The molecule has 47 heavy (non-hydrogen) atoms. The summed E-state index contributed by atoms with van der Waals surface area (Å²) in [6.07, 6.45) is -3.96. The number of carbonyl (C=O) groups is 1. The molecule has 5 aromatic rings. The van der Waals surface area contributed by atoms with Crippen LogP contribution < -0.4 is 10.9 Å². The second-order valence-electron chi connectivity index (χ2n) is 11.6. The fraction of sp³-hybridized carbons (Fsp3) is 0.273. The summed E-state index contributed by atoms with van der Waals surface area (Å²) < 4.78 is 102. The molecule has 1 amide bonds. The lowest BCUT2D eigenvalue weighted by Crippen LogP contribution is -2.37. The molecule has 1 aliphatic carbocycles. The van der Waals surface area contributed by atoms with Gasteiger partial charge < -0.3 is 10.3 Å². The fourth-order valence-electron chi connectivity index (χ4n) is 6.09. The number of aromatic nitrogens is 4. The number of nitrogens with one attached hydrogen (secondary N) is 2. The Morgan fingerprint density at radius 3 is 2.45 bits per heavy atom. The number of alkyl halides is 5. The molecule has 244 valence electrons. The maximum atomic E-state index is 15.6. The minimum Gasteiger partial charge on any atom is -0.346 e. The predicted molar refractivity (Wildman–Crippen MR) is 158 cm³/mol. The fourth-order valence-corrected chi connectivity index (χ4v) is 6.09. The summed E-state index contributed by atoms with van der Waals surface area (Å²) >= 11 is 0. The zero-order valence-electron chi connectivity index (χ0n) is 24.6. The second kappa shape index (κ2) is 12.0. The van der Waals surface area contributed by atoms with Gasteiger partial charge in [-0.25, -0.2) is 30.7 Å². The number of fused-ring (bicyclic) bond motifs is 2. The Hall–Kier alpha value is -5.01. The van der Waals surface area contributed by atoms with Crippen molar-refractivity contribution in [1.29, 1.82) is 0 Å². The molecular weight excluding hydrogens is 631 g/mol. The van der Waals surface area contributed by atoms with Crippen molar-refractivity contribution in [3.8, 4) is 11.1 Å². The normalized spacial score (nSPS) is 17.9. The largest absolute Gasteiger partial charge is 0.346 e. The minimum absolute atomic E-state index is 0.125. The van der Waals surface area contributed by atoms with Crippen molar-refractivity contribution in [3.63, 3.8) is 0 Å².